The van der Waals surface area contributed by atoms with Gasteiger partial charge in [0.1, 0.15) is 17.4 Å². The summed E-state index contributed by atoms with van der Waals surface area (Å²) in [6.45, 7) is 7.03. The van der Waals surface area contributed by atoms with Crippen molar-refractivity contribution in [1.29, 1.82) is 5.26 Å². The van der Waals surface area contributed by atoms with Crippen LogP contribution in [-0.2, 0) is 14.4 Å². The third-order valence-corrected chi connectivity index (χ3v) is 5.83. The molecule has 0 bridgehead atoms. The molecule has 0 radical (unpaired) electrons. The molecule has 0 aliphatic carbocycles. The first-order valence-corrected chi connectivity index (χ1v) is 11.7. The first-order chi connectivity index (χ1) is 15.3. The second kappa shape index (κ2) is 11.7. The minimum atomic E-state index is -4.94. The molecule has 0 saturated heterocycles. The van der Waals surface area contributed by atoms with Crippen LogP contribution in [0.3, 0.4) is 0 Å². The molecule has 2 rings (SSSR count). The Labute approximate surface area is 185 Å². The highest BCUT2D eigenvalue weighted by atomic mass is 32.2. The number of unbranched alkanes of at least 4 members (excludes halogenated alkanes) is 1. The molecule has 2 atom stereocenters. The van der Waals surface area contributed by atoms with Crippen molar-refractivity contribution in [3.63, 3.8) is 0 Å². The lowest BCUT2D eigenvalue weighted by Crippen LogP contribution is -2.21. The second-order valence-corrected chi connectivity index (χ2v) is 8.52. The van der Waals surface area contributed by atoms with E-state index >= 15 is 0 Å². The monoisotopic (exact) mass is 470 g/mol. The van der Waals surface area contributed by atoms with Crippen LogP contribution in [0.5, 0.6) is 0 Å². The third kappa shape index (κ3) is 6.14. The van der Waals surface area contributed by atoms with Crippen LogP contribution in [0.2, 0.25) is 0 Å². The van der Waals surface area contributed by atoms with Gasteiger partial charge in [-0.1, -0.05) is 24.2 Å². The third-order valence-electron chi connectivity index (χ3n) is 4.74. The number of azo groups is 1. The molecule has 1 heterocycles. The number of nitrogens with zero attached hydrogens (tertiary/aromatic N) is 6. The Balaban J connectivity index is 2.51. The van der Waals surface area contributed by atoms with Crippen LogP contribution in [0.1, 0.15) is 40.0 Å². The van der Waals surface area contributed by atoms with E-state index in [0.29, 0.717) is 18.8 Å². The Bertz CT molecular complexity index is 1050. The van der Waals surface area contributed by atoms with Crippen molar-refractivity contribution in [1.82, 2.24) is 0 Å². The Morgan fingerprint density at radius 2 is 1.97 bits per heavy atom. The SMILES string of the molecule is CCCCC1C=C(C#N)C(N=Nc2ccc(N(CC)CC)cc2N=S(=O)(OF)C(F)F)=N1. The van der Waals surface area contributed by atoms with Crippen LogP contribution in [-0.4, -0.2) is 34.9 Å². The summed E-state index contributed by atoms with van der Waals surface area (Å²) in [5.41, 5.74) is 0.489. The van der Waals surface area contributed by atoms with Gasteiger partial charge in [0.15, 0.2) is 5.84 Å². The van der Waals surface area contributed by atoms with Crippen molar-refractivity contribution in [2.75, 3.05) is 18.0 Å². The maximum atomic E-state index is 13.1. The zero-order valence-electron chi connectivity index (χ0n) is 18.0. The lowest BCUT2D eigenvalue weighted by atomic mass is 10.1. The highest BCUT2D eigenvalue weighted by molar-refractivity contribution is 7.89. The van der Waals surface area contributed by atoms with E-state index in [1.54, 1.807) is 12.1 Å². The van der Waals surface area contributed by atoms with Crippen molar-refractivity contribution in [3.8, 4) is 6.07 Å². The number of nitriles is 1. The van der Waals surface area contributed by atoms with Crippen molar-refractivity contribution in [3.05, 3.63) is 29.8 Å². The fraction of sp³-hybridized carbons (Fsp3) is 0.500. The zero-order chi connectivity index (χ0) is 23.7. The number of anilines is 1. The van der Waals surface area contributed by atoms with Crippen molar-refractivity contribution in [2.24, 2.45) is 19.6 Å². The van der Waals surface area contributed by atoms with Crippen LogP contribution >= 0.6 is 0 Å². The fourth-order valence-electron chi connectivity index (χ4n) is 3.03. The standard InChI is InChI=1S/C20H25F3N6O2S/c1-4-7-8-15-11-14(13-24)19(25-15)27-26-17-10-9-16(29(5-2)6-3)12-18(17)28-32(30,31-23)20(21)22/h9-12,15,20H,4-8H2,1-3H3. The number of benzene rings is 1. The Morgan fingerprint density at radius 3 is 2.53 bits per heavy atom. The molecule has 8 nitrogen and oxygen atoms in total. The molecule has 174 valence electrons. The minimum Gasteiger partial charge on any atom is -0.372 e. The zero-order valence-corrected chi connectivity index (χ0v) is 18.9. The van der Waals surface area contributed by atoms with Crippen LogP contribution in [0.25, 0.3) is 0 Å². The van der Waals surface area contributed by atoms with Gasteiger partial charge in [0, 0.05) is 18.8 Å². The van der Waals surface area contributed by atoms with Crippen molar-refractivity contribution >= 4 is 32.9 Å². The molecule has 0 aromatic heterocycles. The average Bonchev–Trinajstić information content (AvgIpc) is 3.19. The van der Waals surface area contributed by atoms with Gasteiger partial charge in [-0.05, 0) is 49.1 Å². The Kier molecular flexibility index (Phi) is 9.34. The van der Waals surface area contributed by atoms with Gasteiger partial charge < -0.3 is 4.90 Å². The Morgan fingerprint density at radius 1 is 1.25 bits per heavy atom. The maximum absolute atomic E-state index is 13.1. The Hall–Kier alpha value is -2.78. The first kappa shape index (κ1) is 25.5. The molecule has 32 heavy (non-hydrogen) atoms. The van der Waals surface area contributed by atoms with Gasteiger partial charge in [0.25, 0.3) is 10.0 Å². The molecular formula is C20H25F3N6O2S. The van der Waals surface area contributed by atoms with Crippen LogP contribution in [0.4, 0.5) is 30.4 Å². The average molecular weight is 471 g/mol. The van der Waals surface area contributed by atoms with E-state index in [2.05, 4.69) is 24.0 Å². The van der Waals surface area contributed by atoms with Crippen LogP contribution in [0.15, 0.2) is 49.4 Å². The van der Waals surface area contributed by atoms with Crippen molar-refractivity contribution in [2.45, 2.75) is 51.8 Å². The number of alkyl halides is 2. The van der Waals surface area contributed by atoms with Gasteiger partial charge in [-0.2, -0.15) is 18.4 Å². The van der Waals surface area contributed by atoms with E-state index in [9.17, 15) is 22.8 Å². The predicted molar refractivity (Wildman–Crippen MR) is 117 cm³/mol. The second-order valence-electron chi connectivity index (χ2n) is 6.83. The molecule has 1 aromatic carbocycles. The molecule has 0 spiro atoms. The summed E-state index contributed by atoms with van der Waals surface area (Å²) in [5.74, 6) is -3.58. The number of amidine groups is 1. The molecule has 0 saturated carbocycles. The molecule has 2 unspecified atom stereocenters. The van der Waals surface area contributed by atoms with E-state index in [4.69, 9.17) is 0 Å². The molecule has 12 heteroatoms. The van der Waals surface area contributed by atoms with E-state index in [-0.39, 0.29) is 28.8 Å². The van der Waals surface area contributed by atoms with E-state index < -0.39 is 15.8 Å². The number of hydrogen-bond donors (Lipinski definition) is 0. The summed E-state index contributed by atoms with van der Waals surface area (Å²) in [6.07, 6.45) is 4.35. The number of rotatable bonds is 10. The minimum absolute atomic E-state index is 0.0525. The normalized spacial score (nSPS) is 17.8. The largest absolute Gasteiger partial charge is 0.372 e. The van der Waals surface area contributed by atoms with E-state index in [1.807, 2.05) is 31.7 Å². The smallest absolute Gasteiger partial charge is 0.345 e. The summed E-state index contributed by atoms with van der Waals surface area (Å²) >= 11 is 0. The highest BCUT2D eigenvalue weighted by Crippen LogP contribution is 2.35. The molecule has 1 aliphatic heterocycles. The van der Waals surface area contributed by atoms with E-state index in [0.717, 1.165) is 19.3 Å². The number of hydrogen-bond acceptors (Lipinski definition) is 8. The summed E-state index contributed by atoms with van der Waals surface area (Å²) in [5, 5.41) is 17.3. The molecule has 1 aromatic rings. The molecule has 0 fully saturated rings. The van der Waals surface area contributed by atoms with Gasteiger partial charge >= 0.3 is 5.76 Å². The maximum Gasteiger partial charge on any atom is 0.345 e. The lowest BCUT2D eigenvalue weighted by molar-refractivity contribution is -0.000950. The summed E-state index contributed by atoms with van der Waals surface area (Å²) in [6, 6.07) is 6.25. The topological polar surface area (TPSA) is 103 Å². The highest BCUT2D eigenvalue weighted by Gasteiger charge is 2.26. The van der Waals surface area contributed by atoms with Gasteiger partial charge in [0.05, 0.1) is 11.6 Å². The van der Waals surface area contributed by atoms with Crippen molar-refractivity contribution < 1.29 is 21.9 Å². The summed E-state index contributed by atoms with van der Waals surface area (Å²) in [4.78, 5) is 6.24. The van der Waals surface area contributed by atoms with Crippen LogP contribution in [0, 0.1) is 11.3 Å². The fourth-order valence-corrected chi connectivity index (χ4v) is 3.62. The van der Waals surface area contributed by atoms with Gasteiger partial charge in [0.2, 0.25) is 0 Å². The number of aliphatic imine (C=N–C) groups is 1. The summed E-state index contributed by atoms with van der Waals surface area (Å²) < 4.78 is 57.3. The van der Waals surface area contributed by atoms with E-state index in [1.165, 1.54) is 12.1 Å². The number of halogens is 3. The van der Waals surface area contributed by atoms with Gasteiger partial charge in [-0.15, -0.1) is 10.2 Å². The van der Waals surface area contributed by atoms with Crippen LogP contribution < -0.4 is 4.90 Å². The molecule has 0 N–H and O–H groups in total. The lowest BCUT2D eigenvalue weighted by Gasteiger charge is -2.21. The quantitative estimate of drug-likeness (QED) is 0.381. The molecule has 0 amide bonds. The van der Waals surface area contributed by atoms with Gasteiger partial charge in [-0.25, -0.2) is 4.21 Å². The molecular weight excluding hydrogens is 445 g/mol. The summed E-state index contributed by atoms with van der Waals surface area (Å²) in [7, 11) is -4.94. The predicted octanol–water partition coefficient (Wildman–Crippen LogP) is 6.18. The molecule has 1 aliphatic rings. The van der Waals surface area contributed by atoms with Gasteiger partial charge in [-0.3, -0.25) is 4.99 Å². The first-order valence-electron chi connectivity index (χ1n) is 10.2.